The Morgan fingerprint density at radius 3 is 2.22 bits per heavy atom. The van der Waals surface area contributed by atoms with Gasteiger partial charge in [0.2, 0.25) is 0 Å². The van der Waals surface area contributed by atoms with Crippen molar-refractivity contribution in [2.45, 2.75) is 0 Å². The normalized spacial score (nSPS) is 11.8. The zero-order chi connectivity index (χ0) is 21.1. The van der Waals surface area contributed by atoms with Crippen molar-refractivity contribution in [3.63, 3.8) is 0 Å². The van der Waals surface area contributed by atoms with E-state index < -0.39 is 0 Å². The summed E-state index contributed by atoms with van der Waals surface area (Å²) in [5.41, 5.74) is 7.76. The fourth-order valence-corrected chi connectivity index (χ4v) is 4.60. The topological polar surface area (TPSA) is 39.2 Å². The molecule has 0 N–H and O–H groups in total. The van der Waals surface area contributed by atoms with Crippen LogP contribution in [0.4, 0.5) is 0 Å². The molecule has 3 heteroatoms. The van der Waals surface area contributed by atoms with Crippen molar-refractivity contribution < 1.29 is 8.83 Å². The molecule has 3 heterocycles. The molecule has 0 atom stereocenters. The number of benzene rings is 4. The number of fused-ring (bicyclic) bond motifs is 7. The Morgan fingerprint density at radius 1 is 0.500 bits per heavy atom. The van der Waals surface area contributed by atoms with Crippen molar-refractivity contribution in [1.29, 1.82) is 0 Å². The van der Waals surface area contributed by atoms with E-state index in [0.717, 1.165) is 66.3 Å². The molecule has 0 amide bonds. The fourth-order valence-electron chi connectivity index (χ4n) is 4.60. The average Bonchev–Trinajstić information content (AvgIpc) is 3.42. The third kappa shape index (κ3) is 2.51. The van der Waals surface area contributed by atoms with Gasteiger partial charge in [-0.05, 0) is 53.6 Å². The fraction of sp³-hybridized carbons (Fsp3) is 0. The monoisotopic (exact) mass is 411 g/mol. The summed E-state index contributed by atoms with van der Waals surface area (Å²) in [5.74, 6) is 0. The van der Waals surface area contributed by atoms with Crippen LogP contribution >= 0.6 is 0 Å². The molecule has 0 aliphatic heterocycles. The van der Waals surface area contributed by atoms with E-state index in [2.05, 4.69) is 47.4 Å². The molecular weight excluding hydrogens is 394 g/mol. The Kier molecular flexibility index (Phi) is 3.55. The predicted octanol–water partition coefficient (Wildman–Crippen LogP) is 8.21. The van der Waals surface area contributed by atoms with Crippen LogP contribution in [-0.4, -0.2) is 4.98 Å². The SMILES string of the molecule is c1ccc(-c2cc(-c3ccc4oc5ccc6c7ccccc7oc6c5c4c3)ccn2)cc1. The van der Waals surface area contributed by atoms with Crippen LogP contribution in [0.1, 0.15) is 0 Å². The Labute approximate surface area is 183 Å². The van der Waals surface area contributed by atoms with Crippen LogP contribution < -0.4 is 0 Å². The quantitative estimate of drug-likeness (QED) is 0.288. The molecule has 0 saturated heterocycles. The van der Waals surface area contributed by atoms with Crippen LogP contribution in [0.15, 0.2) is 112 Å². The molecule has 3 aromatic heterocycles. The second-order valence-electron chi connectivity index (χ2n) is 8.02. The van der Waals surface area contributed by atoms with Gasteiger partial charge in [-0.2, -0.15) is 0 Å². The molecule has 7 rings (SSSR count). The number of nitrogens with zero attached hydrogens (tertiary/aromatic N) is 1. The van der Waals surface area contributed by atoms with Crippen molar-refractivity contribution in [2.24, 2.45) is 0 Å². The van der Waals surface area contributed by atoms with E-state index in [9.17, 15) is 0 Å². The molecule has 0 radical (unpaired) electrons. The summed E-state index contributed by atoms with van der Waals surface area (Å²) >= 11 is 0. The lowest BCUT2D eigenvalue weighted by molar-refractivity contribution is 0.663. The van der Waals surface area contributed by atoms with Gasteiger partial charge in [0.15, 0.2) is 0 Å². The molecule has 0 aliphatic rings. The zero-order valence-electron chi connectivity index (χ0n) is 17.1. The minimum absolute atomic E-state index is 0.836. The number of hydrogen-bond donors (Lipinski definition) is 0. The van der Waals surface area contributed by atoms with Gasteiger partial charge in [-0.3, -0.25) is 4.98 Å². The van der Waals surface area contributed by atoms with Crippen LogP contribution in [0.25, 0.3) is 66.3 Å². The highest BCUT2D eigenvalue weighted by Gasteiger charge is 2.16. The molecule has 7 aromatic rings. The number of hydrogen-bond acceptors (Lipinski definition) is 3. The lowest BCUT2D eigenvalue weighted by Gasteiger charge is -2.05. The molecule has 0 bridgehead atoms. The van der Waals surface area contributed by atoms with Crippen molar-refractivity contribution in [2.75, 3.05) is 0 Å². The van der Waals surface area contributed by atoms with Gasteiger partial charge in [-0.1, -0.05) is 54.6 Å². The summed E-state index contributed by atoms with van der Waals surface area (Å²) in [6, 6.07) is 33.0. The molecular formula is C29H17NO2. The minimum atomic E-state index is 0.836. The van der Waals surface area contributed by atoms with E-state index in [-0.39, 0.29) is 0 Å². The standard InChI is InChI=1S/C29H17NO2/c1-2-6-18(7-3-1)24-17-20(14-15-30-24)19-10-12-26-23(16-19)28-27(31-26)13-11-22-21-8-4-5-9-25(21)32-29(22)28/h1-17H. The van der Waals surface area contributed by atoms with E-state index >= 15 is 0 Å². The molecule has 0 spiro atoms. The van der Waals surface area contributed by atoms with Gasteiger partial charge in [0.25, 0.3) is 0 Å². The van der Waals surface area contributed by atoms with Gasteiger partial charge in [-0.25, -0.2) is 0 Å². The first kappa shape index (κ1) is 17.3. The highest BCUT2D eigenvalue weighted by molar-refractivity contribution is 6.22. The number of aromatic nitrogens is 1. The molecule has 32 heavy (non-hydrogen) atoms. The third-order valence-electron chi connectivity index (χ3n) is 6.14. The van der Waals surface area contributed by atoms with Crippen LogP contribution in [0.5, 0.6) is 0 Å². The predicted molar refractivity (Wildman–Crippen MR) is 130 cm³/mol. The molecule has 0 aliphatic carbocycles. The number of rotatable bonds is 2. The van der Waals surface area contributed by atoms with Crippen LogP contribution in [0, 0.1) is 0 Å². The van der Waals surface area contributed by atoms with Crippen molar-refractivity contribution in [1.82, 2.24) is 4.98 Å². The largest absolute Gasteiger partial charge is 0.456 e. The lowest BCUT2D eigenvalue weighted by Crippen LogP contribution is -1.85. The van der Waals surface area contributed by atoms with Crippen LogP contribution in [0.2, 0.25) is 0 Å². The number of pyridine rings is 1. The summed E-state index contributed by atoms with van der Waals surface area (Å²) in [6.45, 7) is 0. The van der Waals surface area contributed by atoms with Gasteiger partial charge in [0.1, 0.15) is 22.3 Å². The Bertz CT molecular complexity index is 1770. The highest BCUT2D eigenvalue weighted by atomic mass is 16.3. The van der Waals surface area contributed by atoms with Gasteiger partial charge < -0.3 is 8.83 Å². The Hall–Kier alpha value is -4.37. The number of furan rings is 2. The van der Waals surface area contributed by atoms with E-state index in [1.807, 2.05) is 60.8 Å². The Morgan fingerprint density at radius 2 is 1.28 bits per heavy atom. The van der Waals surface area contributed by atoms with Crippen molar-refractivity contribution in [3.05, 3.63) is 103 Å². The first-order chi connectivity index (χ1) is 15.8. The molecule has 0 saturated carbocycles. The first-order valence-electron chi connectivity index (χ1n) is 10.6. The van der Waals surface area contributed by atoms with Gasteiger partial charge in [-0.15, -0.1) is 0 Å². The smallest absolute Gasteiger partial charge is 0.147 e. The summed E-state index contributed by atoms with van der Waals surface area (Å²) in [5, 5.41) is 4.31. The third-order valence-corrected chi connectivity index (χ3v) is 6.14. The minimum Gasteiger partial charge on any atom is -0.456 e. The first-order valence-corrected chi connectivity index (χ1v) is 10.6. The summed E-state index contributed by atoms with van der Waals surface area (Å²) < 4.78 is 12.5. The molecule has 4 aromatic carbocycles. The van der Waals surface area contributed by atoms with E-state index in [1.165, 1.54) is 0 Å². The maximum absolute atomic E-state index is 6.28. The Balaban J connectivity index is 1.47. The van der Waals surface area contributed by atoms with E-state index in [0.29, 0.717) is 0 Å². The summed E-state index contributed by atoms with van der Waals surface area (Å²) in [4.78, 5) is 4.57. The van der Waals surface area contributed by atoms with Crippen molar-refractivity contribution in [3.8, 4) is 22.4 Å². The maximum Gasteiger partial charge on any atom is 0.147 e. The maximum atomic E-state index is 6.28. The second kappa shape index (κ2) is 6.56. The molecule has 3 nitrogen and oxygen atoms in total. The lowest BCUT2D eigenvalue weighted by atomic mass is 10.0. The summed E-state index contributed by atoms with van der Waals surface area (Å²) in [7, 11) is 0. The van der Waals surface area contributed by atoms with E-state index in [4.69, 9.17) is 8.83 Å². The zero-order valence-corrected chi connectivity index (χ0v) is 17.1. The second-order valence-corrected chi connectivity index (χ2v) is 8.02. The molecule has 150 valence electrons. The average molecular weight is 411 g/mol. The molecule has 0 unspecified atom stereocenters. The van der Waals surface area contributed by atoms with Gasteiger partial charge >= 0.3 is 0 Å². The van der Waals surface area contributed by atoms with Crippen LogP contribution in [0.3, 0.4) is 0 Å². The summed E-state index contributed by atoms with van der Waals surface area (Å²) in [6.07, 6.45) is 1.87. The highest BCUT2D eigenvalue weighted by Crippen LogP contribution is 2.40. The van der Waals surface area contributed by atoms with Gasteiger partial charge in [0.05, 0.1) is 11.1 Å². The van der Waals surface area contributed by atoms with Gasteiger partial charge in [0, 0.05) is 27.9 Å². The molecule has 0 fully saturated rings. The number of para-hydroxylation sites is 1. The van der Waals surface area contributed by atoms with Crippen LogP contribution in [-0.2, 0) is 0 Å². The van der Waals surface area contributed by atoms with Crippen molar-refractivity contribution >= 4 is 43.9 Å². The van der Waals surface area contributed by atoms with E-state index in [1.54, 1.807) is 0 Å².